The minimum absolute atomic E-state index is 0.267. The third kappa shape index (κ3) is 2.09. The van der Waals surface area contributed by atoms with Gasteiger partial charge in [-0.15, -0.1) is 0 Å². The van der Waals surface area contributed by atoms with Crippen LogP contribution in [0.3, 0.4) is 0 Å². The summed E-state index contributed by atoms with van der Waals surface area (Å²) in [6, 6.07) is 0. The zero-order chi connectivity index (χ0) is 9.28. The van der Waals surface area contributed by atoms with Gasteiger partial charge in [-0.25, -0.2) is 4.39 Å². The SMILES string of the molecule is CCC(C)C(C)(F)C(O)(F)F. The Morgan fingerprint density at radius 1 is 1.36 bits per heavy atom. The van der Waals surface area contributed by atoms with E-state index in [4.69, 9.17) is 5.11 Å². The number of alkyl halides is 3. The lowest BCUT2D eigenvalue weighted by Gasteiger charge is -2.30. The van der Waals surface area contributed by atoms with Crippen molar-refractivity contribution in [3.63, 3.8) is 0 Å². The van der Waals surface area contributed by atoms with Crippen LogP contribution in [0.4, 0.5) is 13.2 Å². The quantitative estimate of drug-likeness (QED) is 0.689. The Morgan fingerprint density at radius 3 is 1.82 bits per heavy atom. The van der Waals surface area contributed by atoms with E-state index in [0.29, 0.717) is 6.92 Å². The lowest BCUT2D eigenvalue weighted by Crippen LogP contribution is -2.46. The summed E-state index contributed by atoms with van der Waals surface area (Å²) in [6.45, 7) is 3.64. The molecule has 0 saturated carbocycles. The Kier molecular flexibility index (Phi) is 2.94. The van der Waals surface area contributed by atoms with Crippen LogP contribution in [0.25, 0.3) is 0 Å². The normalized spacial score (nSPS) is 21.0. The molecule has 4 heteroatoms. The summed E-state index contributed by atoms with van der Waals surface area (Å²) in [5, 5.41) is 8.14. The van der Waals surface area contributed by atoms with Gasteiger partial charge in [0.1, 0.15) is 0 Å². The zero-order valence-corrected chi connectivity index (χ0v) is 6.87. The number of aliphatic hydroxyl groups is 1. The van der Waals surface area contributed by atoms with Crippen LogP contribution in [-0.4, -0.2) is 16.9 Å². The van der Waals surface area contributed by atoms with Crippen molar-refractivity contribution in [2.75, 3.05) is 0 Å². The van der Waals surface area contributed by atoms with Crippen molar-refractivity contribution in [2.45, 2.75) is 39.0 Å². The maximum Gasteiger partial charge on any atom is 0.387 e. The molecule has 0 bridgehead atoms. The summed E-state index contributed by atoms with van der Waals surface area (Å²) in [5.74, 6) is -0.859. The average molecular weight is 170 g/mol. The van der Waals surface area contributed by atoms with Crippen LogP contribution in [-0.2, 0) is 0 Å². The molecular weight excluding hydrogens is 157 g/mol. The van der Waals surface area contributed by atoms with Crippen LogP contribution in [0.2, 0.25) is 0 Å². The predicted octanol–water partition coefficient (Wildman–Crippen LogP) is 2.35. The van der Waals surface area contributed by atoms with Crippen molar-refractivity contribution in [1.29, 1.82) is 0 Å². The number of rotatable bonds is 3. The van der Waals surface area contributed by atoms with Crippen molar-refractivity contribution in [3.05, 3.63) is 0 Å². The summed E-state index contributed by atoms with van der Waals surface area (Å²) in [7, 11) is 0. The molecule has 0 aromatic heterocycles. The Balaban J connectivity index is 4.45. The summed E-state index contributed by atoms with van der Waals surface area (Å²) >= 11 is 0. The van der Waals surface area contributed by atoms with E-state index in [0.717, 1.165) is 0 Å². The number of hydrogen-bond acceptors (Lipinski definition) is 1. The van der Waals surface area contributed by atoms with E-state index in [1.54, 1.807) is 6.92 Å². The molecule has 0 aliphatic carbocycles. The smallest absolute Gasteiger partial charge is 0.334 e. The third-order valence-corrected chi connectivity index (χ3v) is 2.13. The zero-order valence-electron chi connectivity index (χ0n) is 6.87. The Bertz CT molecular complexity index is 128. The van der Waals surface area contributed by atoms with Crippen LogP contribution < -0.4 is 0 Å². The molecule has 0 aromatic rings. The maximum absolute atomic E-state index is 13.0. The highest BCUT2D eigenvalue weighted by Gasteiger charge is 2.52. The molecule has 11 heavy (non-hydrogen) atoms. The third-order valence-electron chi connectivity index (χ3n) is 2.13. The molecule has 0 spiro atoms. The molecule has 1 nitrogen and oxygen atoms in total. The lowest BCUT2D eigenvalue weighted by molar-refractivity contribution is -0.290. The molecule has 2 unspecified atom stereocenters. The summed E-state index contributed by atoms with van der Waals surface area (Å²) in [6.07, 6.45) is -3.98. The van der Waals surface area contributed by atoms with E-state index in [1.807, 2.05) is 0 Å². The Morgan fingerprint density at radius 2 is 1.73 bits per heavy atom. The molecule has 1 N–H and O–H groups in total. The minimum atomic E-state index is -4.25. The van der Waals surface area contributed by atoms with Gasteiger partial charge in [-0.05, 0) is 12.8 Å². The fraction of sp³-hybridized carbons (Fsp3) is 1.00. The maximum atomic E-state index is 13.0. The molecule has 0 fully saturated rings. The molecular formula is C7H13F3O. The fourth-order valence-electron chi connectivity index (χ4n) is 0.680. The molecule has 0 saturated heterocycles. The standard InChI is InChI=1S/C7H13F3O/c1-4-5(2)6(3,8)7(9,10)11/h5,11H,4H2,1-3H3. The second kappa shape index (κ2) is 3.01. The predicted molar refractivity (Wildman–Crippen MR) is 36.1 cm³/mol. The van der Waals surface area contributed by atoms with Gasteiger partial charge in [0, 0.05) is 0 Å². The van der Waals surface area contributed by atoms with Crippen molar-refractivity contribution in [2.24, 2.45) is 5.92 Å². The molecule has 0 amide bonds. The van der Waals surface area contributed by atoms with E-state index in [2.05, 4.69) is 0 Å². The first-order valence-corrected chi connectivity index (χ1v) is 3.52. The van der Waals surface area contributed by atoms with Crippen LogP contribution in [0.1, 0.15) is 27.2 Å². The molecule has 0 aliphatic heterocycles. The van der Waals surface area contributed by atoms with Gasteiger partial charge >= 0.3 is 6.11 Å². The molecule has 0 heterocycles. The molecule has 0 radical (unpaired) electrons. The first-order valence-electron chi connectivity index (χ1n) is 3.52. The van der Waals surface area contributed by atoms with Crippen molar-refractivity contribution in [3.8, 4) is 0 Å². The van der Waals surface area contributed by atoms with E-state index < -0.39 is 17.7 Å². The van der Waals surface area contributed by atoms with Gasteiger partial charge in [-0.3, -0.25) is 0 Å². The van der Waals surface area contributed by atoms with Crippen molar-refractivity contribution >= 4 is 0 Å². The van der Waals surface area contributed by atoms with Gasteiger partial charge in [0.2, 0.25) is 5.67 Å². The van der Waals surface area contributed by atoms with Crippen LogP contribution in [0.5, 0.6) is 0 Å². The van der Waals surface area contributed by atoms with E-state index in [9.17, 15) is 13.2 Å². The number of halogens is 3. The second-order valence-electron chi connectivity index (χ2n) is 2.93. The monoisotopic (exact) mass is 170 g/mol. The van der Waals surface area contributed by atoms with Crippen molar-refractivity contribution in [1.82, 2.24) is 0 Å². The highest BCUT2D eigenvalue weighted by molar-refractivity contribution is 4.86. The topological polar surface area (TPSA) is 20.2 Å². The molecule has 0 rings (SSSR count). The molecule has 68 valence electrons. The van der Waals surface area contributed by atoms with Crippen LogP contribution in [0.15, 0.2) is 0 Å². The van der Waals surface area contributed by atoms with E-state index in [-0.39, 0.29) is 6.42 Å². The van der Waals surface area contributed by atoms with Gasteiger partial charge in [0.25, 0.3) is 0 Å². The molecule has 2 atom stereocenters. The summed E-state index contributed by atoms with van der Waals surface area (Å²) < 4.78 is 37.2. The first-order chi connectivity index (χ1) is 4.73. The largest absolute Gasteiger partial charge is 0.387 e. The lowest BCUT2D eigenvalue weighted by atomic mass is 9.89. The Labute approximate surface area is 64.2 Å². The van der Waals surface area contributed by atoms with Crippen LogP contribution >= 0.6 is 0 Å². The summed E-state index contributed by atoms with van der Waals surface area (Å²) in [5.41, 5.74) is -2.83. The van der Waals surface area contributed by atoms with Crippen LogP contribution in [0, 0.1) is 5.92 Å². The molecule has 0 aliphatic rings. The Hall–Kier alpha value is -0.250. The molecule has 0 aromatic carbocycles. The van der Waals surface area contributed by atoms with Gasteiger partial charge in [0.05, 0.1) is 0 Å². The summed E-state index contributed by atoms with van der Waals surface area (Å²) in [4.78, 5) is 0. The fourth-order valence-corrected chi connectivity index (χ4v) is 0.680. The van der Waals surface area contributed by atoms with Crippen molar-refractivity contribution < 1.29 is 18.3 Å². The van der Waals surface area contributed by atoms with Gasteiger partial charge < -0.3 is 5.11 Å². The minimum Gasteiger partial charge on any atom is -0.334 e. The first kappa shape index (κ1) is 10.8. The van der Waals surface area contributed by atoms with E-state index in [1.165, 1.54) is 6.92 Å². The second-order valence-corrected chi connectivity index (χ2v) is 2.93. The highest BCUT2D eigenvalue weighted by atomic mass is 19.3. The number of hydrogen-bond donors (Lipinski definition) is 1. The van der Waals surface area contributed by atoms with Gasteiger partial charge in [-0.1, -0.05) is 20.3 Å². The van der Waals surface area contributed by atoms with Gasteiger partial charge in [0.15, 0.2) is 0 Å². The van der Waals surface area contributed by atoms with Gasteiger partial charge in [-0.2, -0.15) is 8.78 Å². The van der Waals surface area contributed by atoms with E-state index >= 15 is 0 Å². The average Bonchev–Trinajstić information content (AvgIpc) is 1.83. The highest BCUT2D eigenvalue weighted by Crippen LogP contribution is 2.37.